The number of carbonyl (C=O) groups is 2. The van der Waals surface area contributed by atoms with E-state index in [1.807, 2.05) is 0 Å². The third kappa shape index (κ3) is 3.32. The third-order valence-electron chi connectivity index (χ3n) is 2.66. The summed E-state index contributed by atoms with van der Waals surface area (Å²) < 4.78 is 14.5. The molecule has 1 aromatic rings. The maximum Gasteiger partial charge on any atom is 0.433 e. The van der Waals surface area contributed by atoms with Gasteiger partial charge < -0.3 is 18.8 Å². The molecule has 1 saturated heterocycles. The van der Waals surface area contributed by atoms with Crippen molar-refractivity contribution in [1.29, 1.82) is 0 Å². The molecule has 2 rings (SSSR count). The summed E-state index contributed by atoms with van der Waals surface area (Å²) in [5, 5.41) is 10.4. The van der Waals surface area contributed by atoms with Crippen LogP contribution in [-0.2, 0) is 14.3 Å². The number of nitro groups is 1. The minimum atomic E-state index is -0.917. The summed E-state index contributed by atoms with van der Waals surface area (Å²) in [5.41, 5.74) is 0. The number of hydrogen-bond donors (Lipinski definition) is 0. The van der Waals surface area contributed by atoms with Gasteiger partial charge in [-0.15, -0.1) is 0 Å². The second kappa shape index (κ2) is 6.15. The molecule has 0 spiro atoms. The average Bonchev–Trinajstić information content (AvgIpc) is 2.95. The predicted molar refractivity (Wildman–Crippen MR) is 63.0 cm³/mol. The highest BCUT2D eigenvalue weighted by Gasteiger charge is 2.21. The molecule has 9 nitrogen and oxygen atoms in total. The first kappa shape index (κ1) is 14.0. The van der Waals surface area contributed by atoms with Crippen molar-refractivity contribution < 1.29 is 28.4 Å². The molecule has 20 heavy (non-hydrogen) atoms. The lowest BCUT2D eigenvalue weighted by molar-refractivity contribution is -0.402. The van der Waals surface area contributed by atoms with E-state index >= 15 is 0 Å². The summed E-state index contributed by atoms with van der Waals surface area (Å²) >= 11 is 0. The topological polar surface area (TPSA) is 112 Å². The highest BCUT2D eigenvalue weighted by molar-refractivity contribution is 5.89. The first-order valence-corrected chi connectivity index (χ1v) is 5.85. The van der Waals surface area contributed by atoms with Gasteiger partial charge in [-0.2, -0.15) is 0 Å². The number of morpholine rings is 1. The number of rotatable bonds is 4. The fourth-order valence-corrected chi connectivity index (χ4v) is 1.64. The molecule has 2 heterocycles. The Hall–Kier alpha value is -2.42. The number of furan rings is 1. The van der Waals surface area contributed by atoms with Crippen LogP contribution in [0.5, 0.6) is 0 Å². The number of hydrogen-bond acceptors (Lipinski definition) is 7. The fraction of sp³-hybridized carbons (Fsp3) is 0.455. The SMILES string of the molecule is O=C(OCC(=O)N1CCOCC1)c1ccc([N+](=O)[O-])o1. The largest absolute Gasteiger partial charge is 0.450 e. The first-order valence-electron chi connectivity index (χ1n) is 5.85. The Bertz CT molecular complexity index is 519. The average molecular weight is 284 g/mol. The van der Waals surface area contributed by atoms with Gasteiger partial charge in [-0.25, -0.2) is 4.79 Å². The van der Waals surface area contributed by atoms with Gasteiger partial charge in [-0.1, -0.05) is 0 Å². The zero-order chi connectivity index (χ0) is 14.5. The van der Waals surface area contributed by atoms with E-state index in [0.717, 1.165) is 12.1 Å². The van der Waals surface area contributed by atoms with Crippen molar-refractivity contribution in [2.24, 2.45) is 0 Å². The molecule has 0 aromatic carbocycles. The molecule has 1 amide bonds. The number of carbonyl (C=O) groups excluding carboxylic acids is 2. The first-order chi connectivity index (χ1) is 9.58. The maximum absolute atomic E-state index is 11.7. The normalized spacial score (nSPS) is 14.9. The molecule has 1 fully saturated rings. The summed E-state index contributed by atoms with van der Waals surface area (Å²) in [6.07, 6.45) is 0. The monoisotopic (exact) mass is 284 g/mol. The molecule has 0 radical (unpaired) electrons. The van der Waals surface area contributed by atoms with E-state index in [0.29, 0.717) is 26.3 Å². The van der Waals surface area contributed by atoms with Crippen LogP contribution in [0.2, 0.25) is 0 Å². The van der Waals surface area contributed by atoms with Crippen LogP contribution in [0.15, 0.2) is 16.5 Å². The van der Waals surface area contributed by atoms with Gasteiger partial charge in [0.15, 0.2) is 6.61 Å². The van der Waals surface area contributed by atoms with E-state index in [9.17, 15) is 19.7 Å². The van der Waals surface area contributed by atoms with Crippen LogP contribution >= 0.6 is 0 Å². The molecule has 0 saturated carbocycles. The summed E-state index contributed by atoms with van der Waals surface area (Å²) in [6, 6.07) is 2.17. The molecule has 0 unspecified atom stereocenters. The molecule has 1 aliphatic heterocycles. The van der Waals surface area contributed by atoms with E-state index in [1.54, 1.807) is 0 Å². The van der Waals surface area contributed by atoms with Gasteiger partial charge in [-0.3, -0.25) is 14.9 Å². The molecule has 0 bridgehead atoms. The van der Waals surface area contributed by atoms with Gasteiger partial charge >= 0.3 is 11.9 Å². The number of esters is 1. The van der Waals surface area contributed by atoms with E-state index < -0.39 is 23.4 Å². The van der Waals surface area contributed by atoms with Crippen molar-refractivity contribution in [3.05, 3.63) is 28.0 Å². The van der Waals surface area contributed by atoms with E-state index in [2.05, 4.69) is 4.42 Å². The second-order valence-electron chi connectivity index (χ2n) is 3.96. The lowest BCUT2D eigenvalue weighted by atomic mass is 10.4. The number of nitrogens with zero attached hydrogens (tertiary/aromatic N) is 2. The summed E-state index contributed by atoms with van der Waals surface area (Å²) in [5.74, 6) is -2.13. The van der Waals surface area contributed by atoms with Crippen LogP contribution in [-0.4, -0.2) is 54.6 Å². The molecule has 108 valence electrons. The standard InChI is InChI=1S/C11H12N2O7/c14-9(12-3-5-18-6-4-12)7-19-11(15)8-1-2-10(20-8)13(16)17/h1-2H,3-7H2. The van der Waals surface area contributed by atoms with E-state index in [4.69, 9.17) is 9.47 Å². The lowest BCUT2D eigenvalue weighted by Crippen LogP contribution is -2.42. The van der Waals surface area contributed by atoms with Gasteiger partial charge in [-0.05, 0) is 6.07 Å². The van der Waals surface area contributed by atoms with Crippen molar-refractivity contribution in [3.63, 3.8) is 0 Å². The molecular weight excluding hydrogens is 272 g/mol. The number of amides is 1. The molecule has 0 N–H and O–H groups in total. The summed E-state index contributed by atoms with van der Waals surface area (Å²) in [6.45, 7) is 1.35. The maximum atomic E-state index is 11.7. The Morgan fingerprint density at radius 1 is 1.35 bits per heavy atom. The lowest BCUT2D eigenvalue weighted by Gasteiger charge is -2.26. The highest BCUT2D eigenvalue weighted by Crippen LogP contribution is 2.16. The molecular formula is C11H12N2O7. The van der Waals surface area contributed by atoms with Gasteiger partial charge in [0, 0.05) is 13.1 Å². The Morgan fingerprint density at radius 2 is 2.05 bits per heavy atom. The van der Waals surface area contributed by atoms with E-state index in [1.165, 1.54) is 4.90 Å². The van der Waals surface area contributed by atoms with Crippen LogP contribution in [0.1, 0.15) is 10.6 Å². The molecule has 0 atom stereocenters. The number of ether oxygens (including phenoxy) is 2. The zero-order valence-electron chi connectivity index (χ0n) is 10.4. The van der Waals surface area contributed by atoms with Crippen LogP contribution in [0, 0.1) is 10.1 Å². The predicted octanol–water partition coefficient (Wildman–Crippen LogP) is 0.203. The Balaban J connectivity index is 1.84. The summed E-state index contributed by atoms with van der Waals surface area (Å²) in [7, 11) is 0. The van der Waals surface area contributed by atoms with Crippen LogP contribution in [0.4, 0.5) is 5.88 Å². The molecule has 0 aliphatic carbocycles. The molecule has 1 aromatic heterocycles. The fourth-order valence-electron chi connectivity index (χ4n) is 1.64. The van der Waals surface area contributed by atoms with Crippen molar-refractivity contribution in [2.75, 3.05) is 32.9 Å². The Kier molecular flexibility index (Phi) is 4.31. The summed E-state index contributed by atoms with van der Waals surface area (Å²) in [4.78, 5) is 34.4. The quantitative estimate of drug-likeness (QED) is 0.441. The van der Waals surface area contributed by atoms with Crippen molar-refractivity contribution in [1.82, 2.24) is 4.90 Å². The van der Waals surface area contributed by atoms with Crippen molar-refractivity contribution in [3.8, 4) is 0 Å². The minimum absolute atomic E-state index is 0.313. The third-order valence-corrected chi connectivity index (χ3v) is 2.66. The molecule has 9 heteroatoms. The van der Waals surface area contributed by atoms with Crippen LogP contribution in [0.25, 0.3) is 0 Å². The zero-order valence-corrected chi connectivity index (χ0v) is 10.4. The van der Waals surface area contributed by atoms with Gasteiger partial charge in [0.05, 0.1) is 19.3 Å². The Labute approximate surface area is 113 Å². The minimum Gasteiger partial charge on any atom is -0.450 e. The van der Waals surface area contributed by atoms with E-state index in [-0.39, 0.29) is 11.7 Å². The van der Waals surface area contributed by atoms with Gasteiger partial charge in [0.2, 0.25) is 5.76 Å². The van der Waals surface area contributed by atoms with Crippen molar-refractivity contribution in [2.45, 2.75) is 0 Å². The van der Waals surface area contributed by atoms with Crippen LogP contribution < -0.4 is 0 Å². The smallest absolute Gasteiger partial charge is 0.433 e. The van der Waals surface area contributed by atoms with Gasteiger partial charge in [0.1, 0.15) is 4.92 Å². The van der Waals surface area contributed by atoms with Gasteiger partial charge in [0.25, 0.3) is 5.91 Å². The second-order valence-corrected chi connectivity index (χ2v) is 3.96. The van der Waals surface area contributed by atoms with Crippen molar-refractivity contribution >= 4 is 17.8 Å². The Morgan fingerprint density at radius 3 is 2.65 bits per heavy atom. The highest BCUT2D eigenvalue weighted by atomic mass is 16.7. The molecule has 1 aliphatic rings. The van der Waals surface area contributed by atoms with Crippen LogP contribution in [0.3, 0.4) is 0 Å².